The van der Waals surface area contributed by atoms with E-state index in [1.54, 1.807) is 10.9 Å². The van der Waals surface area contributed by atoms with Gasteiger partial charge in [0.1, 0.15) is 11.8 Å². The number of aliphatic hydroxyl groups is 2. The number of fused-ring (bicyclic) bond motifs is 1. The zero-order chi connectivity index (χ0) is 11.5. The molecule has 0 spiro atoms. The molecule has 0 unspecified atom stereocenters. The fraction of sp³-hybridized carbons (Fsp3) is 0.444. The Bertz CT molecular complexity index is 484. The smallest absolute Gasteiger partial charge is 0.165 e. The van der Waals surface area contributed by atoms with Gasteiger partial charge in [-0.25, -0.2) is 15.0 Å². The van der Waals surface area contributed by atoms with Crippen LogP contribution in [0.3, 0.4) is 0 Å². The van der Waals surface area contributed by atoms with E-state index in [9.17, 15) is 5.11 Å². The summed E-state index contributed by atoms with van der Waals surface area (Å²) in [4.78, 5) is 12.0. The maximum atomic E-state index is 9.22. The van der Waals surface area contributed by atoms with Crippen molar-refractivity contribution in [3.8, 4) is 0 Å². The first-order chi connectivity index (χ1) is 7.77. The van der Waals surface area contributed by atoms with Gasteiger partial charge in [0.05, 0.1) is 19.0 Å². The highest BCUT2D eigenvalue weighted by Gasteiger charge is 2.15. The van der Waals surface area contributed by atoms with Gasteiger partial charge in [-0.2, -0.15) is 0 Å². The second-order valence-electron chi connectivity index (χ2n) is 3.43. The van der Waals surface area contributed by atoms with Gasteiger partial charge in [0.2, 0.25) is 0 Å². The quantitative estimate of drug-likeness (QED) is 0.633. The first-order valence-electron chi connectivity index (χ1n) is 4.92. The first-order valence-corrected chi connectivity index (χ1v) is 4.92. The van der Waals surface area contributed by atoms with Crippen LogP contribution in [-0.2, 0) is 0 Å². The number of nitrogens with two attached hydrogens (primary N) is 1. The molecule has 0 aromatic carbocycles. The number of nitrogen functional groups attached to an aromatic ring is 1. The van der Waals surface area contributed by atoms with Crippen LogP contribution in [0.25, 0.3) is 11.2 Å². The third-order valence-corrected chi connectivity index (χ3v) is 2.45. The van der Waals surface area contributed by atoms with Crippen molar-refractivity contribution in [1.82, 2.24) is 19.5 Å². The van der Waals surface area contributed by atoms with E-state index < -0.39 is 0 Å². The molecule has 2 rings (SSSR count). The number of nitrogens with zero attached hydrogens (tertiary/aromatic N) is 4. The molecule has 0 fully saturated rings. The van der Waals surface area contributed by atoms with Crippen LogP contribution in [-0.4, -0.2) is 42.9 Å². The van der Waals surface area contributed by atoms with Crippen LogP contribution in [0.15, 0.2) is 12.7 Å². The maximum Gasteiger partial charge on any atom is 0.165 e. The van der Waals surface area contributed by atoms with Gasteiger partial charge in [-0.1, -0.05) is 0 Å². The van der Waals surface area contributed by atoms with E-state index in [-0.39, 0.29) is 19.3 Å². The van der Waals surface area contributed by atoms with E-state index in [1.165, 1.54) is 6.33 Å². The van der Waals surface area contributed by atoms with Crippen molar-refractivity contribution < 1.29 is 10.2 Å². The number of imidazole rings is 1. The summed E-state index contributed by atoms with van der Waals surface area (Å²) in [5, 5.41) is 18.1. The lowest BCUT2D eigenvalue weighted by molar-refractivity contribution is 0.188. The van der Waals surface area contributed by atoms with Crippen molar-refractivity contribution in [2.45, 2.75) is 12.5 Å². The third kappa shape index (κ3) is 1.70. The molecular formula is C9H13N5O2. The fourth-order valence-electron chi connectivity index (χ4n) is 1.60. The standard InChI is InChI=1S/C9H13N5O2/c10-8-7-9(12-4-11-8)14(5-13-7)6(3-16)1-2-15/h4-6,15-16H,1-3H2,(H2,10,11,12)/t6-/m1/s1. The largest absolute Gasteiger partial charge is 0.396 e. The maximum absolute atomic E-state index is 9.22. The Balaban J connectivity index is 2.48. The highest BCUT2D eigenvalue weighted by atomic mass is 16.3. The zero-order valence-electron chi connectivity index (χ0n) is 8.61. The van der Waals surface area contributed by atoms with Gasteiger partial charge in [0, 0.05) is 6.61 Å². The average molecular weight is 223 g/mol. The zero-order valence-corrected chi connectivity index (χ0v) is 8.61. The SMILES string of the molecule is Nc1ncnc2c1ncn2[C@@H](CO)CCO. The number of hydrogen-bond donors (Lipinski definition) is 3. The molecule has 0 aliphatic carbocycles. The molecule has 1 atom stereocenters. The summed E-state index contributed by atoms with van der Waals surface area (Å²) in [5.74, 6) is 0.310. The molecule has 2 heterocycles. The second kappa shape index (κ2) is 4.42. The van der Waals surface area contributed by atoms with E-state index in [1.807, 2.05) is 0 Å². The minimum absolute atomic E-state index is 0.00847. The molecule has 4 N–H and O–H groups in total. The molecule has 7 heteroatoms. The Morgan fingerprint density at radius 1 is 1.31 bits per heavy atom. The van der Waals surface area contributed by atoms with Crippen molar-refractivity contribution in [2.75, 3.05) is 18.9 Å². The lowest BCUT2D eigenvalue weighted by Gasteiger charge is -2.14. The van der Waals surface area contributed by atoms with Gasteiger partial charge >= 0.3 is 0 Å². The Labute approximate surface area is 91.6 Å². The molecule has 0 bridgehead atoms. The van der Waals surface area contributed by atoms with Crippen LogP contribution in [0.4, 0.5) is 5.82 Å². The van der Waals surface area contributed by atoms with Gasteiger partial charge in [0.15, 0.2) is 11.5 Å². The second-order valence-corrected chi connectivity index (χ2v) is 3.43. The average Bonchev–Trinajstić information content (AvgIpc) is 2.71. The molecule has 0 saturated heterocycles. The molecule has 16 heavy (non-hydrogen) atoms. The summed E-state index contributed by atoms with van der Waals surface area (Å²) in [6.45, 7) is -0.0958. The summed E-state index contributed by atoms with van der Waals surface area (Å²) in [6, 6.07) is -0.246. The number of aliphatic hydroxyl groups excluding tert-OH is 2. The third-order valence-electron chi connectivity index (χ3n) is 2.45. The molecule has 0 amide bonds. The van der Waals surface area contributed by atoms with E-state index in [4.69, 9.17) is 10.8 Å². The number of hydrogen-bond acceptors (Lipinski definition) is 6. The summed E-state index contributed by atoms with van der Waals surface area (Å²) < 4.78 is 1.70. The summed E-state index contributed by atoms with van der Waals surface area (Å²) >= 11 is 0. The number of aromatic nitrogens is 4. The minimum atomic E-state index is -0.246. The number of rotatable bonds is 4. The van der Waals surface area contributed by atoms with E-state index in [0.29, 0.717) is 23.4 Å². The Morgan fingerprint density at radius 2 is 2.12 bits per heavy atom. The molecule has 2 aromatic rings. The molecule has 0 aliphatic rings. The van der Waals surface area contributed by atoms with Gasteiger partial charge in [-0.15, -0.1) is 0 Å². The summed E-state index contributed by atoms with van der Waals surface area (Å²) in [5.41, 5.74) is 6.73. The summed E-state index contributed by atoms with van der Waals surface area (Å²) in [6.07, 6.45) is 3.33. The van der Waals surface area contributed by atoms with Crippen molar-refractivity contribution >= 4 is 17.0 Å². The molecular weight excluding hydrogens is 210 g/mol. The minimum Gasteiger partial charge on any atom is -0.396 e. The molecule has 0 aliphatic heterocycles. The van der Waals surface area contributed by atoms with Crippen LogP contribution >= 0.6 is 0 Å². The molecule has 0 radical (unpaired) electrons. The van der Waals surface area contributed by atoms with E-state index in [0.717, 1.165) is 0 Å². The van der Waals surface area contributed by atoms with E-state index >= 15 is 0 Å². The Hall–Kier alpha value is -1.73. The highest BCUT2D eigenvalue weighted by molar-refractivity contribution is 5.81. The molecule has 0 saturated carbocycles. The Morgan fingerprint density at radius 3 is 2.81 bits per heavy atom. The van der Waals surface area contributed by atoms with Crippen LogP contribution in [0.1, 0.15) is 12.5 Å². The van der Waals surface area contributed by atoms with Crippen molar-refractivity contribution in [2.24, 2.45) is 0 Å². The predicted octanol–water partition coefficient (Wildman–Crippen LogP) is -0.676. The molecule has 86 valence electrons. The van der Waals surface area contributed by atoms with Crippen molar-refractivity contribution in [3.63, 3.8) is 0 Å². The molecule has 2 aromatic heterocycles. The monoisotopic (exact) mass is 223 g/mol. The predicted molar refractivity (Wildman–Crippen MR) is 57.6 cm³/mol. The normalized spacial score (nSPS) is 13.1. The summed E-state index contributed by atoms with van der Waals surface area (Å²) in [7, 11) is 0. The topological polar surface area (TPSA) is 110 Å². The van der Waals surface area contributed by atoms with Crippen molar-refractivity contribution in [3.05, 3.63) is 12.7 Å². The van der Waals surface area contributed by atoms with Gasteiger partial charge in [0.25, 0.3) is 0 Å². The lowest BCUT2D eigenvalue weighted by atomic mass is 10.2. The lowest BCUT2D eigenvalue weighted by Crippen LogP contribution is -2.14. The number of anilines is 1. The van der Waals surface area contributed by atoms with Gasteiger partial charge in [-0.05, 0) is 6.42 Å². The van der Waals surface area contributed by atoms with E-state index in [2.05, 4.69) is 15.0 Å². The van der Waals surface area contributed by atoms with Crippen LogP contribution < -0.4 is 5.73 Å². The first kappa shape index (κ1) is 10.8. The van der Waals surface area contributed by atoms with Gasteiger partial charge in [-0.3, -0.25) is 0 Å². The van der Waals surface area contributed by atoms with Crippen molar-refractivity contribution in [1.29, 1.82) is 0 Å². The van der Waals surface area contributed by atoms with Crippen LogP contribution in [0.2, 0.25) is 0 Å². The van der Waals surface area contributed by atoms with Crippen LogP contribution in [0.5, 0.6) is 0 Å². The van der Waals surface area contributed by atoms with Crippen LogP contribution in [0, 0.1) is 0 Å². The van der Waals surface area contributed by atoms with Gasteiger partial charge < -0.3 is 20.5 Å². The highest BCUT2D eigenvalue weighted by Crippen LogP contribution is 2.20. The fourth-order valence-corrected chi connectivity index (χ4v) is 1.60. The molecule has 7 nitrogen and oxygen atoms in total. The Kier molecular flexibility index (Phi) is 2.97.